The van der Waals surface area contributed by atoms with Crippen molar-refractivity contribution < 1.29 is 17.9 Å². The number of methoxy groups -OCH3 is 1. The van der Waals surface area contributed by atoms with E-state index in [9.17, 15) is 13.2 Å². The van der Waals surface area contributed by atoms with Crippen LogP contribution in [0.2, 0.25) is 0 Å². The number of benzene rings is 1. The Morgan fingerprint density at radius 2 is 2.20 bits per heavy atom. The third-order valence-electron chi connectivity index (χ3n) is 3.80. The Kier molecular flexibility index (Phi) is 5.02. The van der Waals surface area contributed by atoms with Crippen molar-refractivity contribution in [3.05, 3.63) is 28.8 Å². The molecule has 2 aromatic rings. The van der Waals surface area contributed by atoms with Gasteiger partial charge in [-0.05, 0) is 43.5 Å². The lowest BCUT2D eigenvalue weighted by Crippen LogP contribution is -2.37. The maximum atomic E-state index is 12.5. The van der Waals surface area contributed by atoms with Gasteiger partial charge < -0.3 is 9.64 Å². The molecule has 25 heavy (non-hydrogen) atoms. The minimum absolute atomic E-state index is 0.00254. The van der Waals surface area contributed by atoms with Gasteiger partial charge in [-0.2, -0.15) is 0 Å². The lowest BCUT2D eigenvalue weighted by molar-refractivity contribution is -0.122. The molecule has 3 rings (SSSR count). The van der Waals surface area contributed by atoms with E-state index < -0.39 is 10.0 Å². The number of fused-ring (bicyclic) bond motifs is 1. The van der Waals surface area contributed by atoms with Crippen molar-refractivity contribution in [1.82, 2.24) is 10.2 Å². The number of aryl methyl sites for hydroxylation is 2. The van der Waals surface area contributed by atoms with Gasteiger partial charge in [0.15, 0.2) is 0 Å². The fraction of sp³-hybridized carbons (Fsp3) is 0.400. The van der Waals surface area contributed by atoms with Crippen LogP contribution in [0.25, 0.3) is 0 Å². The van der Waals surface area contributed by atoms with Gasteiger partial charge in [-0.15, -0.1) is 10.2 Å². The molecule has 1 aliphatic rings. The quantitative estimate of drug-likeness (QED) is 0.842. The van der Waals surface area contributed by atoms with E-state index in [0.29, 0.717) is 18.0 Å². The van der Waals surface area contributed by atoms with Crippen molar-refractivity contribution in [1.29, 1.82) is 0 Å². The number of carbonyl (C=O) groups is 1. The molecule has 8 nitrogen and oxygen atoms in total. The van der Waals surface area contributed by atoms with Gasteiger partial charge in [0.25, 0.3) is 15.9 Å². The largest absolute Gasteiger partial charge is 0.375 e. The van der Waals surface area contributed by atoms with Crippen molar-refractivity contribution in [2.24, 2.45) is 0 Å². The smallest absolute Gasteiger partial charge is 0.263 e. The van der Waals surface area contributed by atoms with Crippen LogP contribution in [0, 0.1) is 6.92 Å². The van der Waals surface area contributed by atoms with E-state index in [1.807, 2.05) is 0 Å². The van der Waals surface area contributed by atoms with Crippen LogP contribution in [0.5, 0.6) is 0 Å². The van der Waals surface area contributed by atoms with Crippen molar-refractivity contribution in [3.63, 3.8) is 0 Å². The standard InChI is InChI=1S/C15H18N4O4S2/c1-10-16-17-15(24-10)18-25(21,22)12-5-6-13-11(8-12)4-3-7-19(13)14(20)9-23-2/h5-6,8H,3-4,7,9H2,1-2H3,(H,17,18). The zero-order valence-electron chi connectivity index (χ0n) is 13.9. The SMILES string of the molecule is COCC(=O)N1CCCc2cc(S(=O)(=O)Nc3nnc(C)s3)ccc21. The third-order valence-corrected chi connectivity index (χ3v) is 6.02. The Labute approximate surface area is 149 Å². The Hall–Kier alpha value is -2.04. The molecule has 0 radical (unpaired) electrons. The van der Waals surface area contributed by atoms with E-state index in [1.54, 1.807) is 24.0 Å². The first-order chi connectivity index (χ1) is 11.9. The minimum Gasteiger partial charge on any atom is -0.375 e. The van der Waals surface area contributed by atoms with E-state index in [1.165, 1.54) is 24.5 Å². The van der Waals surface area contributed by atoms with Gasteiger partial charge in [0.05, 0.1) is 4.90 Å². The lowest BCUT2D eigenvalue weighted by atomic mass is 10.0. The average Bonchev–Trinajstić information content (AvgIpc) is 2.98. The van der Waals surface area contributed by atoms with Crippen molar-refractivity contribution in [2.45, 2.75) is 24.7 Å². The molecule has 0 spiro atoms. The molecule has 0 atom stereocenters. The summed E-state index contributed by atoms with van der Waals surface area (Å²) in [6.07, 6.45) is 1.49. The van der Waals surface area contributed by atoms with E-state index >= 15 is 0 Å². The summed E-state index contributed by atoms with van der Waals surface area (Å²) in [7, 11) is -2.28. The number of hydrogen-bond acceptors (Lipinski definition) is 7. The highest BCUT2D eigenvalue weighted by Crippen LogP contribution is 2.30. The fourth-order valence-electron chi connectivity index (χ4n) is 2.71. The molecule has 2 heterocycles. The minimum atomic E-state index is -3.75. The molecule has 1 amide bonds. The summed E-state index contributed by atoms with van der Waals surface area (Å²) in [6.45, 7) is 2.35. The Morgan fingerprint density at radius 3 is 2.88 bits per heavy atom. The maximum Gasteiger partial charge on any atom is 0.263 e. The summed E-state index contributed by atoms with van der Waals surface area (Å²) in [5.74, 6) is -0.137. The van der Waals surface area contributed by atoms with Crippen LogP contribution in [-0.2, 0) is 26.0 Å². The average molecular weight is 382 g/mol. The summed E-state index contributed by atoms with van der Waals surface area (Å²) in [5, 5.41) is 8.48. The topological polar surface area (TPSA) is 101 Å². The van der Waals surface area contributed by atoms with E-state index in [-0.39, 0.29) is 22.5 Å². The van der Waals surface area contributed by atoms with Crippen molar-refractivity contribution in [2.75, 3.05) is 29.9 Å². The number of amides is 1. The van der Waals surface area contributed by atoms with E-state index in [4.69, 9.17) is 4.74 Å². The first-order valence-electron chi connectivity index (χ1n) is 7.66. The van der Waals surface area contributed by atoms with Gasteiger partial charge in [-0.1, -0.05) is 11.3 Å². The van der Waals surface area contributed by atoms with Crippen LogP contribution in [0.3, 0.4) is 0 Å². The Balaban J connectivity index is 1.88. The Bertz CT molecular complexity index is 895. The van der Waals surface area contributed by atoms with Gasteiger partial charge in [-0.3, -0.25) is 9.52 Å². The number of carbonyl (C=O) groups excluding carboxylic acids is 1. The molecule has 1 N–H and O–H groups in total. The zero-order chi connectivity index (χ0) is 18.0. The number of rotatable bonds is 5. The normalized spacial score (nSPS) is 14.2. The fourth-order valence-corrected chi connectivity index (χ4v) is 4.58. The second kappa shape index (κ2) is 7.06. The number of aromatic nitrogens is 2. The number of nitrogens with one attached hydrogen (secondary N) is 1. The predicted octanol–water partition coefficient (Wildman–Crippen LogP) is 1.57. The number of anilines is 2. The van der Waals surface area contributed by atoms with Crippen molar-refractivity contribution in [3.8, 4) is 0 Å². The third kappa shape index (κ3) is 3.80. The molecule has 0 bridgehead atoms. The molecular formula is C15H18N4O4S2. The van der Waals surface area contributed by atoms with Crippen LogP contribution >= 0.6 is 11.3 Å². The second-order valence-corrected chi connectivity index (χ2v) is 8.47. The van der Waals surface area contributed by atoms with Gasteiger partial charge in [0, 0.05) is 19.3 Å². The first-order valence-corrected chi connectivity index (χ1v) is 9.96. The molecule has 0 fully saturated rings. The summed E-state index contributed by atoms with van der Waals surface area (Å²) >= 11 is 1.17. The van der Waals surface area contributed by atoms with Gasteiger partial charge in [0.2, 0.25) is 5.13 Å². The van der Waals surface area contributed by atoms with Crippen LogP contribution < -0.4 is 9.62 Å². The monoisotopic (exact) mass is 382 g/mol. The van der Waals surface area contributed by atoms with Gasteiger partial charge in [-0.25, -0.2) is 8.42 Å². The number of ether oxygens (including phenoxy) is 1. The molecule has 134 valence electrons. The van der Waals surface area contributed by atoms with E-state index in [0.717, 1.165) is 17.7 Å². The lowest BCUT2D eigenvalue weighted by Gasteiger charge is -2.29. The van der Waals surface area contributed by atoms with Crippen LogP contribution in [0.1, 0.15) is 17.0 Å². The highest BCUT2D eigenvalue weighted by molar-refractivity contribution is 7.93. The number of sulfonamides is 1. The molecule has 1 aromatic carbocycles. The first kappa shape index (κ1) is 17.8. The molecule has 0 saturated heterocycles. The molecule has 10 heteroatoms. The van der Waals surface area contributed by atoms with Crippen LogP contribution in [0.4, 0.5) is 10.8 Å². The molecule has 0 unspecified atom stereocenters. The summed E-state index contributed by atoms with van der Waals surface area (Å²) in [6, 6.07) is 4.77. The highest BCUT2D eigenvalue weighted by Gasteiger charge is 2.25. The number of hydrogen-bond donors (Lipinski definition) is 1. The molecule has 0 aliphatic carbocycles. The maximum absolute atomic E-state index is 12.5. The van der Waals surface area contributed by atoms with Crippen LogP contribution in [0.15, 0.2) is 23.1 Å². The summed E-state index contributed by atoms with van der Waals surface area (Å²) in [5.41, 5.74) is 1.56. The van der Waals surface area contributed by atoms with Gasteiger partial charge >= 0.3 is 0 Å². The van der Waals surface area contributed by atoms with Crippen molar-refractivity contribution >= 4 is 38.1 Å². The Morgan fingerprint density at radius 1 is 1.40 bits per heavy atom. The van der Waals surface area contributed by atoms with Crippen LogP contribution in [-0.4, -0.2) is 44.8 Å². The number of nitrogens with zero attached hydrogens (tertiary/aromatic N) is 3. The summed E-state index contributed by atoms with van der Waals surface area (Å²) < 4.78 is 32.4. The molecular weight excluding hydrogens is 364 g/mol. The summed E-state index contributed by atoms with van der Waals surface area (Å²) in [4.78, 5) is 13.9. The highest BCUT2D eigenvalue weighted by atomic mass is 32.2. The molecule has 1 aromatic heterocycles. The zero-order valence-corrected chi connectivity index (χ0v) is 15.5. The molecule has 0 saturated carbocycles. The molecule has 1 aliphatic heterocycles. The second-order valence-electron chi connectivity index (χ2n) is 5.60. The predicted molar refractivity (Wildman–Crippen MR) is 94.4 cm³/mol. The van der Waals surface area contributed by atoms with Gasteiger partial charge in [0.1, 0.15) is 11.6 Å². The van der Waals surface area contributed by atoms with E-state index in [2.05, 4.69) is 14.9 Å².